The Labute approximate surface area is 247 Å². The maximum atomic E-state index is 11.0. The number of benzene rings is 2. The number of aromatic amines is 2. The van der Waals surface area contributed by atoms with Gasteiger partial charge < -0.3 is 39.2 Å². The maximum absolute atomic E-state index is 11.0. The van der Waals surface area contributed by atoms with E-state index in [2.05, 4.69) is 35.6 Å². The molecule has 6 N–H and O–H groups in total. The quantitative estimate of drug-likeness (QED) is 0.103. The molecule has 0 atom stereocenters. The lowest BCUT2D eigenvalue weighted by molar-refractivity contribution is 0.398. The summed E-state index contributed by atoms with van der Waals surface area (Å²) in [5.41, 5.74) is 4.24. The van der Waals surface area contributed by atoms with Crippen LogP contribution in [-0.4, -0.2) is 35.1 Å². The fourth-order valence-electron chi connectivity index (χ4n) is 4.90. The van der Waals surface area contributed by atoms with Crippen LogP contribution in [0.5, 0.6) is 35.0 Å². The molecule has 0 saturated heterocycles. The van der Waals surface area contributed by atoms with Gasteiger partial charge in [-0.1, -0.05) is 36.4 Å². The summed E-state index contributed by atoms with van der Waals surface area (Å²) in [6.07, 6.45) is 7.29. The first-order valence-corrected chi connectivity index (χ1v) is 13.3. The van der Waals surface area contributed by atoms with Gasteiger partial charge in [-0.3, -0.25) is 15.0 Å². The van der Waals surface area contributed by atoms with Gasteiger partial charge in [-0.2, -0.15) is 0 Å². The summed E-state index contributed by atoms with van der Waals surface area (Å²) in [5.74, 6) is -0.126. The lowest BCUT2D eigenvalue weighted by atomic mass is 10.2. The second-order valence-corrected chi connectivity index (χ2v) is 9.72. The first-order chi connectivity index (χ1) is 21.6. The molecular formula is C31H21N7O6. The summed E-state index contributed by atoms with van der Waals surface area (Å²) in [6, 6.07) is 19.0. The Bertz CT molecular complexity index is 2060. The third-order valence-corrected chi connectivity index (χ3v) is 6.95. The van der Waals surface area contributed by atoms with Crippen LogP contribution in [0.15, 0.2) is 101 Å². The highest BCUT2D eigenvalue weighted by atomic mass is 16.5. The van der Waals surface area contributed by atoms with E-state index in [0.717, 1.165) is 11.4 Å². The second kappa shape index (κ2) is 10.0. The number of fused-ring (bicyclic) bond motifs is 3. The molecule has 2 aliphatic rings. The van der Waals surface area contributed by atoms with Gasteiger partial charge in [-0.25, -0.2) is 9.97 Å². The van der Waals surface area contributed by atoms with Gasteiger partial charge in [-0.15, -0.1) is 0 Å². The fraction of sp³-hybridized carbons (Fsp3) is 0. The number of anilines is 4. The van der Waals surface area contributed by atoms with Gasteiger partial charge in [0, 0.05) is 23.8 Å². The van der Waals surface area contributed by atoms with Gasteiger partial charge in [-0.05, 0) is 24.3 Å². The number of hydrogen-bond donors (Lipinski definition) is 6. The maximum Gasteiger partial charge on any atom is 0.245 e. The third-order valence-electron chi connectivity index (χ3n) is 6.95. The molecule has 8 rings (SSSR count). The van der Waals surface area contributed by atoms with E-state index >= 15 is 0 Å². The van der Waals surface area contributed by atoms with Crippen molar-refractivity contribution in [2.45, 2.75) is 0 Å². The summed E-state index contributed by atoms with van der Waals surface area (Å²) >= 11 is 0. The normalized spacial score (nSPS) is 11.4. The number of para-hydroxylation sites is 2. The van der Waals surface area contributed by atoms with Gasteiger partial charge in [0.05, 0.1) is 22.5 Å². The third kappa shape index (κ3) is 4.23. The Kier molecular flexibility index (Phi) is 5.72. The van der Waals surface area contributed by atoms with Crippen molar-refractivity contribution in [2.24, 2.45) is 0 Å². The van der Waals surface area contributed by atoms with Crippen molar-refractivity contribution in [2.75, 3.05) is 10.6 Å². The van der Waals surface area contributed by atoms with Gasteiger partial charge >= 0.3 is 0 Å². The predicted molar refractivity (Wildman–Crippen MR) is 161 cm³/mol. The largest absolute Gasteiger partial charge is 0.503 e. The Morgan fingerprint density at radius 1 is 0.636 bits per heavy atom. The van der Waals surface area contributed by atoms with Gasteiger partial charge in [0.15, 0.2) is 11.5 Å². The molecule has 0 bridgehead atoms. The molecule has 6 heterocycles. The topological polar surface area (TPSA) is 180 Å². The highest BCUT2D eigenvalue weighted by Crippen LogP contribution is 2.47. The van der Waals surface area contributed by atoms with Crippen molar-refractivity contribution in [1.29, 1.82) is 0 Å². The first kappa shape index (κ1) is 25.1. The number of furan rings is 2. The predicted octanol–water partition coefficient (Wildman–Crippen LogP) is 7.61. The molecule has 13 heteroatoms. The monoisotopic (exact) mass is 587 g/mol. The average molecular weight is 588 g/mol. The number of H-pyrrole nitrogens is 2. The number of nitrogens with one attached hydrogen (secondary N) is 4. The van der Waals surface area contributed by atoms with E-state index in [-0.39, 0.29) is 35.0 Å². The summed E-state index contributed by atoms with van der Waals surface area (Å²) in [6.45, 7) is 0. The lowest BCUT2D eigenvalue weighted by Gasteiger charge is -2.07. The average Bonchev–Trinajstić information content (AvgIpc) is 3.85. The minimum Gasteiger partial charge on any atom is -0.503 e. The smallest absolute Gasteiger partial charge is 0.245 e. The van der Waals surface area contributed by atoms with Gasteiger partial charge in [0.25, 0.3) is 0 Å². The zero-order valence-electron chi connectivity index (χ0n) is 22.5. The van der Waals surface area contributed by atoms with E-state index in [1.54, 1.807) is 0 Å². The fourth-order valence-corrected chi connectivity index (χ4v) is 4.90. The number of aromatic nitrogens is 5. The van der Waals surface area contributed by atoms with Crippen molar-refractivity contribution in [3.63, 3.8) is 0 Å². The van der Waals surface area contributed by atoms with Crippen molar-refractivity contribution in [1.82, 2.24) is 24.9 Å². The lowest BCUT2D eigenvalue weighted by Crippen LogP contribution is -1.90. The molecule has 0 saturated carbocycles. The van der Waals surface area contributed by atoms with Crippen LogP contribution in [0.1, 0.15) is 0 Å². The van der Waals surface area contributed by atoms with E-state index in [9.17, 15) is 10.2 Å². The Morgan fingerprint density at radius 3 is 1.55 bits per heavy atom. The molecule has 13 nitrogen and oxygen atoms in total. The van der Waals surface area contributed by atoms with Crippen LogP contribution in [0.2, 0.25) is 0 Å². The molecule has 44 heavy (non-hydrogen) atoms. The Morgan fingerprint density at radius 2 is 1.09 bits per heavy atom. The number of nitrogens with zero attached hydrogens (tertiary/aromatic N) is 3. The second-order valence-electron chi connectivity index (χ2n) is 9.72. The molecule has 0 aliphatic carbocycles. The van der Waals surface area contributed by atoms with E-state index in [1.165, 1.54) is 31.2 Å². The molecule has 0 radical (unpaired) electrons. The summed E-state index contributed by atoms with van der Waals surface area (Å²) < 4.78 is 23.2. The van der Waals surface area contributed by atoms with E-state index in [1.807, 2.05) is 60.7 Å². The van der Waals surface area contributed by atoms with Crippen LogP contribution in [0.25, 0.3) is 33.3 Å². The number of aromatic hydroxyl groups is 2. The molecular weight excluding hydrogens is 566 g/mol. The van der Waals surface area contributed by atoms with Crippen molar-refractivity contribution >= 4 is 44.9 Å². The Hall–Kier alpha value is -6.63. The molecule has 0 spiro atoms. The molecule has 0 fully saturated rings. The zero-order chi connectivity index (χ0) is 29.6. The molecule has 2 aliphatic heterocycles. The van der Waals surface area contributed by atoms with Crippen LogP contribution >= 0.6 is 0 Å². The first-order valence-electron chi connectivity index (χ1n) is 13.3. The van der Waals surface area contributed by atoms with Crippen molar-refractivity contribution in [3.05, 3.63) is 91.9 Å². The standard InChI is InChI=1S/C31H21N7O6/c39-24-22-20(35-16-7-3-1-4-8-16)13-41-28(22)37-30(24)43-26-18-11-32-12-19(18)27(34-15-33-26)44-31-25(40)23-21(14-42-29(23)38-31)36-17-9-5-2-6-10-17/h1-15,35-40H. The van der Waals surface area contributed by atoms with Crippen LogP contribution < -0.4 is 20.1 Å². The molecule has 0 amide bonds. The van der Waals surface area contributed by atoms with Gasteiger partial charge in [0.2, 0.25) is 34.9 Å². The van der Waals surface area contributed by atoms with E-state index in [4.69, 9.17) is 18.3 Å². The van der Waals surface area contributed by atoms with Crippen LogP contribution in [0.4, 0.5) is 22.7 Å². The highest BCUT2D eigenvalue weighted by molar-refractivity contribution is 5.99. The van der Waals surface area contributed by atoms with Crippen LogP contribution in [0.3, 0.4) is 0 Å². The number of rotatable bonds is 8. The number of hydrogen-bond acceptors (Lipinski definition) is 11. The molecule has 6 aromatic rings. The molecule has 216 valence electrons. The van der Waals surface area contributed by atoms with E-state index in [0.29, 0.717) is 44.7 Å². The van der Waals surface area contributed by atoms with Crippen LogP contribution in [-0.2, 0) is 0 Å². The van der Waals surface area contributed by atoms with E-state index < -0.39 is 0 Å². The van der Waals surface area contributed by atoms with Crippen molar-refractivity contribution in [3.8, 4) is 46.1 Å². The minimum atomic E-state index is -0.170. The SMILES string of the molecule is Oc1c(Oc2ncnc(Oc3[nH]c4occ(Nc5ccccc5)c4c3O)c3cncc2-3)[nH]c2occ(Nc3ccccc3)c12. The molecule has 0 unspecified atom stereocenters. The zero-order valence-corrected chi connectivity index (χ0v) is 22.5. The minimum absolute atomic E-state index is 0.0138. The van der Waals surface area contributed by atoms with Crippen molar-refractivity contribution < 1.29 is 28.5 Å². The summed E-state index contributed by atoms with van der Waals surface area (Å²) in [5, 5.41) is 29.3. The number of ether oxygens (including phenoxy) is 2. The van der Waals surface area contributed by atoms with Gasteiger partial charge in [0.1, 0.15) is 29.6 Å². The molecule has 4 aromatic heterocycles. The summed E-state index contributed by atoms with van der Waals surface area (Å²) in [7, 11) is 0. The van der Waals surface area contributed by atoms with Crippen LogP contribution in [0, 0.1) is 0 Å². The summed E-state index contributed by atoms with van der Waals surface area (Å²) in [4.78, 5) is 18.7. The Balaban J connectivity index is 1.08. The molecule has 2 aromatic carbocycles. The highest BCUT2D eigenvalue weighted by Gasteiger charge is 2.25.